The number of pyridine rings is 1. The Labute approximate surface area is 181 Å². The molecule has 0 amide bonds. The van der Waals surface area contributed by atoms with Crippen LogP contribution >= 0.6 is 0 Å². The first-order valence-corrected chi connectivity index (χ1v) is 10.3. The molecule has 0 fully saturated rings. The lowest BCUT2D eigenvalue weighted by molar-refractivity contribution is -0.139. The summed E-state index contributed by atoms with van der Waals surface area (Å²) in [6.45, 7) is 0.163. The molecular weight excluding hydrogens is 392 g/mol. The number of aromatic nitrogens is 1. The van der Waals surface area contributed by atoms with Crippen molar-refractivity contribution < 1.29 is 19.5 Å². The largest absolute Gasteiger partial charge is 0.482 e. The fourth-order valence-electron chi connectivity index (χ4n) is 3.96. The predicted molar refractivity (Wildman–Crippen MR) is 118 cm³/mol. The summed E-state index contributed by atoms with van der Waals surface area (Å²) >= 11 is 0. The normalized spacial score (nSPS) is 15.4. The van der Waals surface area contributed by atoms with E-state index >= 15 is 0 Å². The van der Waals surface area contributed by atoms with Crippen LogP contribution in [0.4, 0.5) is 0 Å². The van der Waals surface area contributed by atoms with Crippen molar-refractivity contribution >= 4 is 11.7 Å². The van der Waals surface area contributed by atoms with E-state index in [1.165, 1.54) is 5.56 Å². The van der Waals surface area contributed by atoms with E-state index in [0.29, 0.717) is 18.3 Å². The van der Waals surface area contributed by atoms with Crippen molar-refractivity contribution in [2.45, 2.75) is 25.2 Å². The Morgan fingerprint density at radius 1 is 1.06 bits per heavy atom. The highest BCUT2D eigenvalue weighted by molar-refractivity contribution is 6.12. The number of hydrogen-bond donors (Lipinski definition) is 1. The van der Waals surface area contributed by atoms with Crippen LogP contribution in [0.25, 0.3) is 0 Å². The Balaban J connectivity index is 1.42. The maximum atomic E-state index is 10.8. The molecule has 1 aromatic heterocycles. The summed E-state index contributed by atoms with van der Waals surface area (Å²) in [4.78, 5) is 20.8. The average molecular weight is 416 g/mol. The molecule has 6 heteroatoms. The molecule has 0 saturated heterocycles. The Bertz CT molecular complexity index is 1010. The number of carbonyl (C=O) groups is 1. The van der Waals surface area contributed by atoms with Gasteiger partial charge in [0.1, 0.15) is 18.1 Å². The summed E-state index contributed by atoms with van der Waals surface area (Å²) in [6.07, 6.45) is 6.21. The first kappa shape index (κ1) is 20.6. The molecule has 1 aliphatic carbocycles. The highest BCUT2D eigenvalue weighted by atomic mass is 16.6. The van der Waals surface area contributed by atoms with Gasteiger partial charge in [0, 0.05) is 23.5 Å². The molecule has 0 saturated carbocycles. The Kier molecular flexibility index (Phi) is 6.57. The smallest absolute Gasteiger partial charge is 0.341 e. The summed E-state index contributed by atoms with van der Waals surface area (Å²) in [7, 11) is 0. The third-order valence-corrected chi connectivity index (χ3v) is 5.40. The summed E-state index contributed by atoms with van der Waals surface area (Å²) in [5.41, 5.74) is 4.95. The molecule has 0 aliphatic heterocycles. The number of aliphatic carboxylic acids is 1. The number of ether oxygens (including phenoxy) is 1. The van der Waals surface area contributed by atoms with Crippen LogP contribution in [0.2, 0.25) is 0 Å². The van der Waals surface area contributed by atoms with Crippen molar-refractivity contribution in [2.24, 2.45) is 5.16 Å². The molecule has 4 rings (SSSR count). The standard InChI is InChI=1S/C25H24N2O4/c28-24(29)17-30-23-10-4-9-21-18(11-12-22(21)23)13-15-31-27-25(19-6-2-1-3-7-19)20-8-5-14-26-16-20/h1-10,14,16,18H,11-13,15,17H2,(H,28,29). The number of fused-ring (bicyclic) bond motifs is 1. The lowest BCUT2D eigenvalue weighted by atomic mass is 9.98. The van der Waals surface area contributed by atoms with Crippen LogP contribution in [0, 0.1) is 0 Å². The van der Waals surface area contributed by atoms with Crippen LogP contribution in [0.1, 0.15) is 41.0 Å². The molecule has 31 heavy (non-hydrogen) atoms. The molecule has 0 radical (unpaired) electrons. The van der Waals surface area contributed by atoms with Gasteiger partial charge < -0.3 is 14.7 Å². The van der Waals surface area contributed by atoms with E-state index in [0.717, 1.165) is 41.7 Å². The predicted octanol–water partition coefficient (Wildman–Crippen LogP) is 4.43. The SMILES string of the molecule is O=C(O)COc1cccc2c1CCC2CCON=C(c1ccccc1)c1cccnc1. The summed E-state index contributed by atoms with van der Waals surface area (Å²) in [6, 6.07) is 19.6. The zero-order valence-electron chi connectivity index (χ0n) is 17.1. The highest BCUT2D eigenvalue weighted by Crippen LogP contribution is 2.40. The van der Waals surface area contributed by atoms with Gasteiger partial charge in [0.25, 0.3) is 0 Å². The van der Waals surface area contributed by atoms with Crippen LogP contribution < -0.4 is 4.74 Å². The Morgan fingerprint density at radius 3 is 2.68 bits per heavy atom. The van der Waals surface area contributed by atoms with Crippen LogP contribution in [-0.2, 0) is 16.1 Å². The molecule has 1 unspecified atom stereocenters. The molecule has 0 spiro atoms. The lowest BCUT2D eigenvalue weighted by Gasteiger charge is -2.13. The van der Waals surface area contributed by atoms with Crippen molar-refractivity contribution in [2.75, 3.05) is 13.2 Å². The molecule has 3 aromatic rings. The number of rotatable bonds is 9. The number of nitrogens with zero attached hydrogens (tertiary/aromatic N) is 2. The summed E-state index contributed by atoms with van der Waals surface area (Å²) in [5.74, 6) is 0.0441. The second kappa shape index (κ2) is 9.89. The van der Waals surface area contributed by atoms with Crippen molar-refractivity contribution in [1.82, 2.24) is 4.98 Å². The zero-order valence-corrected chi connectivity index (χ0v) is 17.1. The molecule has 1 aliphatic rings. The monoisotopic (exact) mass is 416 g/mol. The molecule has 158 valence electrons. The van der Waals surface area contributed by atoms with Gasteiger partial charge in [0.15, 0.2) is 6.61 Å². The van der Waals surface area contributed by atoms with E-state index in [2.05, 4.69) is 16.2 Å². The number of carboxylic acids is 1. The fraction of sp³-hybridized carbons (Fsp3) is 0.240. The molecule has 6 nitrogen and oxygen atoms in total. The van der Waals surface area contributed by atoms with E-state index < -0.39 is 5.97 Å². The van der Waals surface area contributed by atoms with Crippen molar-refractivity contribution in [3.63, 3.8) is 0 Å². The van der Waals surface area contributed by atoms with Crippen molar-refractivity contribution in [3.8, 4) is 5.75 Å². The van der Waals surface area contributed by atoms with Gasteiger partial charge in [-0.05, 0) is 54.5 Å². The molecular formula is C25H24N2O4. The molecule has 1 heterocycles. The average Bonchev–Trinajstić information content (AvgIpc) is 3.22. The number of hydrogen-bond acceptors (Lipinski definition) is 5. The van der Waals surface area contributed by atoms with E-state index in [1.807, 2.05) is 54.6 Å². The van der Waals surface area contributed by atoms with Gasteiger partial charge in [-0.1, -0.05) is 47.6 Å². The molecule has 1 N–H and O–H groups in total. The minimum absolute atomic E-state index is 0.324. The lowest BCUT2D eigenvalue weighted by Crippen LogP contribution is -2.10. The topological polar surface area (TPSA) is 81.0 Å². The van der Waals surface area contributed by atoms with E-state index in [4.69, 9.17) is 14.7 Å². The van der Waals surface area contributed by atoms with Gasteiger partial charge in [-0.25, -0.2) is 4.79 Å². The number of oxime groups is 1. The molecule has 2 aromatic carbocycles. The van der Waals surface area contributed by atoms with Crippen LogP contribution in [0.3, 0.4) is 0 Å². The minimum atomic E-state index is -0.971. The molecule has 1 atom stereocenters. The van der Waals surface area contributed by atoms with Crippen LogP contribution in [0.5, 0.6) is 5.75 Å². The first-order chi connectivity index (χ1) is 15.2. The quantitative estimate of drug-likeness (QED) is 0.317. The van der Waals surface area contributed by atoms with Crippen molar-refractivity contribution in [3.05, 3.63) is 95.3 Å². The van der Waals surface area contributed by atoms with Crippen LogP contribution in [-0.4, -0.2) is 35.0 Å². The van der Waals surface area contributed by atoms with Gasteiger partial charge >= 0.3 is 5.97 Å². The van der Waals surface area contributed by atoms with Crippen LogP contribution in [0.15, 0.2) is 78.2 Å². The minimum Gasteiger partial charge on any atom is -0.482 e. The van der Waals surface area contributed by atoms with Gasteiger partial charge in [0.2, 0.25) is 0 Å². The van der Waals surface area contributed by atoms with E-state index in [-0.39, 0.29) is 6.61 Å². The number of benzene rings is 2. The maximum Gasteiger partial charge on any atom is 0.341 e. The fourth-order valence-corrected chi connectivity index (χ4v) is 3.96. The van der Waals surface area contributed by atoms with Gasteiger partial charge in [-0.2, -0.15) is 0 Å². The Hall–Kier alpha value is -3.67. The van der Waals surface area contributed by atoms with Gasteiger partial charge in [-0.15, -0.1) is 0 Å². The second-order valence-electron chi connectivity index (χ2n) is 7.41. The molecule has 0 bridgehead atoms. The van der Waals surface area contributed by atoms with E-state index in [9.17, 15) is 4.79 Å². The second-order valence-corrected chi connectivity index (χ2v) is 7.41. The first-order valence-electron chi connectivity index (χ1n) is 10.3. The van der Waals surface area contributed by atoms with Gasteiger partial charge in [0.05, 0.1) is 0 Å². The maximum absolute atomic E-state index is 10.8. The third kappa shape index (κ3) is 5.09. The Morgan fingerprint density at radius 2 is 1.90 bits per heavy atom. The zero-order chi connectivity index (χ0) is 21.5. The van der Waals surface area contributed by atoms with Gasteiger partial charge in [-0.3, -0.25) is 4.98 Å². The number of carboxylic acid groups (broad SMARTS) is 1. The summed E-state index contributed by atoms with van der Waals surface area (Å²) < 4.78 is 5.46. The van der Waals surface area contributed by atoms with E-state index in [1.54, 1.807) is 12.4 Å². The van der Waals surface area contributed by atoms with Crippen molar-refractivity contribution in [1.29, 1.82) is 0 Å². The summed E-state index contributed by atoms with van der Waals surface area (Å²) in [5, 5.41) is 13.3. The highest BCUT2D eigenvalue weighted by Gasteiger charge is 2.25. The third-order valence-electron chi connectivity index (χ3n) is 5.40.